The van der Waals surface area contributed by atoms with Crippen molar-refractivity contribution in [2.75, 3.05) is 0 Å². The van der Waals surface area contributed by atoms with Crippen molar-refractivity contribution in [3.05, 3.63) is 99.6 Å². The van der Waals surface area contributed by atoms with Crippen LogP contribution in [0.2, 0.25) is 0 Å². The SMILES string of the molecule is O=C1C=C(/C=C/c2ccccc2)C[C@H](c2ccccc2)[C@@H]1n1nnc([N+](=O)[O-])n1. The van der Waals surface area contributed by atoms with Gasteiger partial charge in [0, 0.05) is 11.1 Å². The van der Waals surface area contributed by atoms with Crippen LogP contribution in [0.1, 0.15) is 29.5 Å². The summed E-state index contributed by atoms with van der Waals surface area (Å²) in [4.78, 5) is 24.2. The zero-order chi connectivity index (χ0) is 20.2. The largest absolute Gasteiger partial charge is 0.514 e. The molecule has 4 rings (SSSR count). The molecular formula is C21H17N5O3. The average Bonchev–Trinajstić information content (AvgIpc) is 3.23. The highest BCUT2D eigenvalue weighted by molar-refractivity contribution is 5.96. The molecule has 144 valence electrons. The standard InChI is InChI=1S/C21H17N5O3/c27-19-14-16(12-11-15-7-3-1-4-8-15)13-18(17-9-5-2-6-10-17)20(19)25-23-21(22-24-25)26(28)29/h1-12,14,18,20H,13H2/b12-11+/t18-,20+/m1/s1. The van der Waals surface area contributed by atoms with Gasteiger partial charge in [-0.1, -0.05) is 77.6 Å². The molecule has 0 amide bonds. The molecule has 0 unspecified atom stereocenters. The van der Waals surface area contributed by atoms with E-state index in [9.17, 15) is 14.9 Å². The summed E-state index contributed by atoms with van der Waals surface area (Å²) in [5.41, 5.74) is 2.84. The molecule has 0 saturated heterocycles. The van der Waals surface area contributed by atoms with Gasteiger partial charge in [-0.05, 0) is 34.1 Å². The van der Waals surface area contributed by atoms with Gasteiger partial charge in [0.2, 0.25) is 0 Å². The van der Waals surface area contributed by atoms with Crippen molar-refractivity contribution in [1.82, 2.24) is 20.2 Å². The Bertz CT molecular complexity index is 1090. The molecule has 8 nitrogen and oxygen atoms in total. The number of carbonyl (C=O) groups excluding carboxylic acids is 1. The van der Waals surface area contributed by atoms with Gasteiger partial charge >= 0.3 is 5.95 Å². The number of hydrogen-bond donors (Lipinski definition) is 0. The van der Waals surface area contributed by atoms with Gasteiger partial charge in [-0.3, -0.25) is 4.79 Å². The van der Waals surface area contributed by atoms with Crippen LogP contribution in [-0.2, 0) is 4.79 Å². The minimum atomic E-state index is -0.785. The van der Waals surface area contributed by atoms with E-state index in [0.29, 0.717) is 6.42 Å². The number of ketones is 1. The summed E-state index contributed by atoms with van der Waals surface area (Å²) in [6.45, 7) is 0. The normalized spacial score (nSPS) is 19.3. The summed E-state index contributed by atoms with van der Waals surface area (Å²) in [6.07, 6.45) is 6.01. The number of rotatable bonds is 5. The van der Waals surface area contributed by atoms with Crippen LogP contribution < -0.4 is 0 Å². The quantitative estimate of drug-likeness (QED) is 0.490. The van der Waals surface area contributed by atoms with Crippen molar-refractivity contribution >= 4 is 17.8 Å². The number of benzene rings is 2. The Labute approximate surface area is 166 Å². The second kappa shape index (κ2) is 7.97. The topological polar surface area (TPSA) is 104 Å². The second-order valence-electron chi connectivity index (χ2n) is 6.70. The number of carbonyl (C=O) groups is 1. The molecular weight excluding hydrogens is 370 g/mol. The number of tetrazole rings is 1. The maximum absolute atomic E-state index is 13.0. The van der Waals surface area contributed by atoms with Crippen molar-refractivity contribution in [2.45, 2.75) is 18.4 Å². The third kappa shape index (κ3) is 4.01. The first-order valence-corrected chi connectivity index (χ1v) is 9.08. The number of nitro groups is 1. The lowest BCUT2D eigenvalue weighted by Crippen LogP contribution is -2.30. The molecule has 0 saturated carbocycles. The first-order chi connectivity index (χ1) is 14.1. The lowest BCUT2D eigenvalue weighted by Gasteiger charge is -2.27. The molecule has 1 aliphatic rings. The van der Waals surface area contributed by atoms with Crippen LogP contribution in [0.4, 0.5) is 5.95 Å². The average molecular weight is 387 g/mol. The molecule has 29 heavy (non-hydrogen) atoms. The first-order valence-electron chi connectivity index (χ1n) is 9.08. The molecule has 1 aromatic heterocycles. The van der Waals surface area contributed by atoms with Crippen molar-refractivity contribution in [1.29, 1.82) is 0 Å². The van der Waals surface area contributed by atoms with E-state index in [-0.39, 0.29) is 11.7 Å². The summed E-state index contributed by atoms with van der Waals surface area (Å²) in [6, 6.07) is 18.6. The fourth-order valence-corrected chi connectivity index (χ4v) is 3.46. The molecule has 0 spiro atoms. The molecule has 0 bridgehead atoms. The van der Waals surface area contributed by atoms with Crippen molar-refractivity contribution in [3.8, 4) is 0 Å². The molecule has 0 aliphatic heterocycles. The van der Waals surface area contributed by atoms with E-state index in [2.05, 4.69) is 15.4 Å². The van der Waals surface area contributed by atoms with Gasteiger partial charge in [0.1, 0.15) is 0 Å². The monoisotopic (exact) mass is 387 g/mol. The highest BCUT2D eigenvalue weighted by Crippen LogP contribution is 2.39. The lowest BCUT2D eigenvalue weighted by atomic mass is 9.79. The molecule has 3 aromatic rings. The molecule has 1 heterocycles. The van der Waals surface area contributed by atoms with E-state index < -0.39 is 16.9 Å². The molecule has 2 atom stereocenters. The minimum absolute atomic E-state index is 0.217. The lowest BCUT2D eigenvalue weighted by molar-refractivity contribution is -0.394. The Kier molecular flexibility index (Phi) is 5.07. The van der Waals surface area contributed by atoms with E-state index in [1.807, 2.05) is 72.8 Å². The van der Waals surface area contributed by atoms with E-state index >= 15 is 0 Å². The van der Waals surface area contributed by atoms with E-state index in [0.717, 1.165) is 21.5 Å². The highest BCUT2D eigenvalue weighted by atomic mass is 16.6. The van der Waals surface area contributed by atoms with Gasteiger partial charge in [-0.15, -0.1) is 0 Å². The summed E-state index contributed by atoms with van der Waals surface area (Å²) in [5, 5.41) is 21.9. The Morgan fingerprint density at radius 3 is 2.38 bits per heavy atom. The maximum Gasteiger partial charge on any atom is 0.514 e. The molecule has 0 radical (unpaired) electrons. The number of aromatic nitrogens is 4. The van der Waals surface area contributed by atoms with Crippen LogP contribution in [0.15, 0.2) is 78.4 Å². The van der Waals surface area contributed by atoms with Crippen molar-refractivity contribution < 1.29 is 9.72 Å². The second-order valence-corrected chi connectivity index (χ2v) is 6.70. The van der Waals surface area contributed by atoms with Crippen LogP contribution >= 0.6 is 0 Å². The fraction of sp³-hybridized carbons (Fsp3) is 0.143. The Hall–Kier alpha value is -3.94. The van der Waals surface area contributed by atoms with E-state index in [4.69, 9.17) is 0 Å². The number of hydrogen-bond acceptors (Lipinski definition) is 6. The Morgan fingerprint density at radius 1 is 1.03 bits per heavy atom. The van der Waals surface area contributed by atoms with Crippen LogP contribution in [-0.4, -0.2) is 30.9 Å². The minimum Gasteiger partial charge on any atom is -0.390 e. The predicted molar refractivity (Wildman–Crippen MR) is 106 cm³/mol. The highest BCUT2D eigenvalue weighted by Gasteiger charge is 2.38. The molecule has 2 aromatic carbocycles. The Morgan fingerprint density at radius 2 is 1.72 bits per heavy atom. The zero-order valence-electron chi connectivity index (χ0n) is 15.3. The Balaban J connectivity index is 1.70. The number of allylic oxidation sites excluding steroid dienone is 3. The summed E-state index contributed by atoms with van der Waals surface area (Å²) in [5.74, 6) is -1.11. The van der Waals surface area contributed by atoms with Crippen molar-refractivity contribution in [3.63, 3.8) is 0 Å². The maximum atomic E-state index is 13.0. The summed E-state index contributed by atoms with van der Waals surface area (Å²) in [7, 11) is 0. The van der Waals surface area contributed by atoms with Gasteiger partial charge in [-0.2, -0.15) is 0 Å². The molecule has 0 N–H and O–H groups in total. The van der Waals surface area contributed by atoms with Crippen LogP contribution in [0.5, 0.6) is 0 Å². The van der Waals surface area contributed by atoms with Crippen LogP contribution in [0.25, 0.3) is 6.08 Å². The summed E-state index contributed by atoms with van der Waals surface area (Å²) >= 11 is 0. The van der Waals surface area contributed by atoms with Gasteiger partial charge in [0.25, 0.3) is 0 Å². The van der Waals surface area contributed by atoms with Crippen molar-refractivity contribution in [2.24, 2.45) is 0 Å². The van der Waals surface area contributed by atoms with Crippen LogP contribution in [0.3, 0.4) is 0 Å². The molecule has 8 heteroatoms. The van der Waals surface area contributed by atoms with Gasteiger partial charge in [-0.25, -0.2) is 0 Å². The molecule has 1 aliphatic carbocycles. The van der Waals surface area contributed by atoms with Crippen LogP contribution in [0, 0.1) is 10.1 Å². The first kappa shape index (κ1) is 18.4. The third-order valence-corrected chi connectivity index (χ3v) is 4.80. The number of nitrogens with zero attached hydrogens (tertiary/aromatic N) is 5. The predicted octanol–water partition coefficient (Wildman–Crippen LogP) is 3.52. The fourth-order valence-electron chi connectivity index (χ4n) is 3.46. The molecule has 0 fully saturated rings. The van der Waals surface area contributed by atoms with Gasteiger partial charge in [0.05, 0.1) is 10.2 Å². The van der Waals surface area contributed by atoms with E-state index in [1.165, 1.54) is 0 Å². The van der Waals surface area contributed by atoms with Gasteiger partial charge in [0.15, 0.2) is 11.8 Å². The third-order valence-electron chi connectivity index (χ3n) is 4.80. The van der Waals surface area contributed by atoms with E-state index in [1.54, 1.807) is 6.08 Å². The summed E-state index contributed by atoms with van der Waals surface area (Å²) < 4.78 is 0. The van der Waals surface area contributed by atoms with Gasteiger partial charge < -0.3 is 10.1 Å². The zero-order valence-corrected chi connectivity index (χ0v) is 15.3. The smallest absolute Gasteiger partial charge is 0.390 e.